The average molecular weight is 609 g/mol. The molecular formula is C29H26F6N4O4. The number of alkyl halides is 5. The number of carbonyl (C=O) groups excluding carboxylic acids is 1. The summed E-state index contributed by atoms with van der Waals surface area (Å²) in [4.78, 5) is 11.8. The number of rotatable bonds is 7. The number of fused-ring (bicyclic) bond motifs is 2. The number of amides is 1. The molecule has 0 unspecified atom stereocenters. The maximum Gasteiger partial charge on any atom is 0.586 e. The van der Waals surface area contributed by atoms with E-state index in [1.165, 1.54) is 30.3 Å². The van der Waals surface area contributed by atoms with Gasteiger partial charge in [-0.05, 0) is 81.3 Å². The Labute approximate surface area is 241 Å². The lowest BCUT2D eigenvalue weighted by Gasteiger charge is -2.68. The van der Waals surface area contributed by atoms with Gasteiger partial charge in [0, 0.05) is 11.6 Å². The van der Waals surface area contributed by atoms with Crippen LogP contribution in [0.15, 0.2) is 36.4 Å². The summed E-state index contributed by atoms with van der Waals surface area (Å²) < 4.78 is 101. The minimum atomic E-state index is -4.73. The molecule has 2 heterocycles. The summed E-state index contributed by atoms with van der Waals surface area (Å²) in [5.74, 6) is -1.40. The third kappa shape index (κ3) is 4.48. The van der Waals surface area contributed by atoms with E-state index in [0.717, 1.165) is 10.7 Å². The quantitative estimate of drug-likeness (QED) is 0.304. The van der Waals surface area contributed by atoms with E-state index >= 15 is 0 Å². The highest BCUT2D eigenvalue weighted by atomic mass is 19.4. The number of nitrogens with one attached hydrogen (secondary N) is 1. The molecule has 1 amide bonds. The van der Waals surface area contributed by atoms with Gasteiger partial charge in [-0.1, -0.05) is 6.07 Å². The Kier molecular flexibility index (Phi) is 5.86. The van der Waals surface area contributed by atoms with Gasteiger partial charge in [-0.3, -0.25) is 4.79 Å². The van der Waals surface area contributed by atoms with E-state index in [2.05, 4.69) is 19.9 Å². The van der Waals surface area contributed by atoms with Crippen LogP contribution in [-0.4, -0.2) is 27.6 Å². The normalized spacial score (nSPS) is 27.1. The molecule has 14 heteroatoms. The topological polar surface area (TPSA) is 101 Å². The van der Waals surface area contributed by atoms with Crippen LogP contribution >= 0.6 is 0 Å². The van der Waals surface area contributed by atoms with Crippen molar-refractivity contribution in [3.8, 4) is 17.2 Å². The Morgan fingerprint density at radius 1 is 1.14 bits per heavy atom. The Morgan fingerprint density at radius 3 is 2.56 bits per heavy atom. The summed E-state index contributed by atoms with van der Waals surface area (Å²) in [5.41, 5.74) is 4.17. The Bertz CT molecular complexity index is 1630. The van der Waals surface area contributed by atoms with Crippen molar-refractivity contribution in [2.45, 2.75) is 75.7 Å². The number of primary amides is 1. The third-order valence-electron chi connectivity index (χ3n) is 8.88. The number of carbonyl (C=O) groups is 1. The zero-order chi connectivity index (χ0) is 30.5. The number of ether oxygens (including phenoxy) is 3. The van der Waals surface area contributed by atoms with Crippen LogP contribution in [-0.2, 0) is 22.1 Å². The van der Waals surface area contributed by atoms with E-state index in [-0.39, 0.29) is 40.6 Å². The number of benzene rings is 2. The first-order valence-electron chi connectivity index (χ1n) is 13.8. The fourth-order valence-electron chi connectivity index (χ4n) is 6.87. The lowest BCUT2D eigenvalue weighted by Crippen LogP contribution is -2.72. The van der Waals surface area contributed by atoms with Crippen LogP contribution < -0.4 is 20.5 Å². The van der Waals surface area contributed by atoms with Gasteiger partial charge in [0.05, 0.1) is 28.1 Å². The van der Waals surface area contributed by atoms with Gasteiger partial charge in [-0.15, -0.1) is 8.78 Å². The number of hydrogen-bond acceptors (Lipinski definition) is 6. The zero-order valence-corrected chi connectivity index (χ0v) is 22.7. The van der Waals surface area contributed by atoms with Gasteiger partial charge in [-0.2, -0.15) is 18.3 Å². The zero-order valence-electron chi connectivity index (χ0n) is 22.7. The number of aromatic nitrogens is 2. The van der Waals surface area contributed by atoms with E-state index in [4.69, 9.17) is 10.5 Å². The molecule has 2 aromatic carbocycles. The van der Waals surface area contributed by atoms with Crippen molar-refractivity contribution in [1.82, 2.24) is 9.78 Å². The van der Waals surface area contributed by atoms with E-state index in [1.54, 1.807) is 6.92 Å². The second-order valence-electron chi connectivity index (χ2n) is 11.9. The van der Waals surface area contributed by atoms with Crippen molar-refractivity contribution in [1.29, 1.82) is 0 Å². The van der Waals surface area contributed by atoms with Crippen LogP contribution in [0.4, 0.5) is 32.0 Å². The molecule has 1 aliphatic heterocycles. The van der Waals surface area contributed by atoms with Gasteiger partial charge in [0.2, 0.25) is 5.91 Å². The Morgan fingerprint density at radius 2 is 1.86 bits per heavy atom. The fourth-order valence-corrected chi connectivity index (χ4v) is 6.87. The molecule has 8 rings (SSSR count). The van der Waals surface area contributed by atoms with Crippen molar-refractivity contribution in [3.05, 3.63) is 64.7 Å². The largest absolute Gasteiger partial charge is 0.586 e. The predicted molar refractivity (Wildman–Crippen MR) is 138 cm³/mol. The minimum absolute atomic E-state index is 0.0318. The molecule has 2 bridgehead atoms. The van der Waals surface area contributed by atoms with Gasteiger partial charge in [-0.25, -0.2) is 9.07 Å². The summed E-state index contributed by atoms with van der Waals surface area (Å²) >= 11 is 0. The van der Waals surface area contributed by atoms with E-state index in [0.29, 0.717) is 37.7 Å². The van der Waals surface area contributed by atoms with E-state index in [1.807, 2.05) is 0 Å². The molecule has 0 spiro atoms. The molecule has 3 saturated carbocycles. The summed E-state index contributed by atoms with van der Waals surface area (Å²) in [6.07, 6.45) is -6.88. The van der Waals surface area contributed by atoms with Gasteiger partial charge < -0.3 is 25.3 Å². The molecular weight excluding hydrogens is 582 g/mol. The highest BCUT2D eigenvalue weighted by Gasteiger charge is 2.72. The Balaban J connectivity index is 1.20. The number of nitrogens with two attached hydrogens (primary N) is 1. The molecule has 1 aromatic heterocycles. The fraction of sp³-hybridized carbons (Fsp3) is 0.448. The third-order valence-corrected chi connectivity index (χ3v) is 8.88. The first-order valence-corrected chi connectivity index (χ1v) is 13.8. The molecule has 4 aliphatic carbocycles. The molecule has 5 aliphatic rings. The molecule has 0 saturated heterocycles. The van der Waals surface area contributed by atoms with Gasteiger partial charge in [0.15, 0.2) is 17.2 Å². The molecule has 8 nitrogen and oxygen atoms in total. The van der Waals surface area contributed by atoms with Crippen LogP contribution in [0.2, 0.25) is 0 Å². The van der Waals surface area contributed by atoms with E-state index in [9.17, 15) is 31.1 Å². The van der Waals surface area contributed by atoms with Crippen LogP contribution in [0, 0.1) is 11.2 Å². The van der Waals surface area contributed by atoms with Gasteiger partial charge in [0.25, 0.3) is 0 Å². The van der Waals surface area contributed by atoms with Crippen molar-refractivity contribution < 1.29 is 45.3 Å². The first kappa shape index (κ1) is 27.9. The monoisotopic (exact) mass is 608 g/mol. The molecule has 228 valence electrons. The summed E-state index contributed by atoms with van der Waals surface area (Å²) in [6.45, 7) is 1.66. The maximum atomic E-state index is 15.0. The van der Waals surface area contributed by atoms with Gasteiger partial charge >= 0.3 is 12.5 Å². The summed E-state index contributed by atoms with van der Waals surface area (Å²) in [5, 5.41) is 6.92. The summed E-state index contributed by atoms with van der Waals surface area (Å²) in [6, 6.07) is 7.32. The first-order chi connectivity index (χ1) is 20.2. The number of anilines is 1. The minimum Gasteiger partial charge on any atom is -0.395 e. The molecule has 0 radical (unpaired) electrons. The maximum absolute atomic E-state index is 15.0. The predicted octanol–water partition coefficient (Wildman–Crippen LogP) is 6.33. The average Bonchev–Trinajstić information content (AvgIpc) is 3.42. The molecule has 43 heavy (non-hydrogen) atoms. The molecule has 2 atom stereocenters. The second-order valence-corrected chi connectivity index (χ2v) is 11.9. The molecule has 3 N–H and O–H groups in total. The standard InChI is InChI=1S/C29H26F6N4O4/c1-14(15-5-8-20-22(9-15)43-29(34,35)42-20)37-19-10-16(6-7-18(19)30)39-23-17(24(38-39)28(31,32)33)3-2-4-21(23)41-27-11-26(12-27,13-27)25(36)40/h5-10,14,21,37H,2-4,11-13H2,1H3,(H2,36,40)/t14-,21-,26?,27?/m0/s1. The van der Waals surface area contributed by atoms with Crippen LogP contribution in [0.3, 0.4) is 0 Å². The van der Waals surface area contributed by atoms with Crippen molar-refractivity contribution in [2.24, 2.45) is 11.1 Å². The lowest BCUT2D eigenvalue weighted by atomic mass is 9.40. The lowest BCUT2D eigenvalue weighted by molar-refractivity contribution is -0.293. The van der Waals surface area contributed by atoms with E-state index < -0.39 is 53.1 Å². The smallest absolute Gasteiger partial charge is 0.395 e. The Hall–Kier alpha value is -3.94. The number of halogens is 6. The SMILES string of the molecule is C[C@H](Nc1cc(-n2nc(C(F)(F)F)c3c2[C@@H](OC24CC(C(N)=O)(C2)C4)CCC3)ccc1F)c1ccc2c(c1)OC(F)(F)O2. The second kappa shape index (κ2) is 9.04. The van der Waals surface area contributed by atoms with Crippen molar-refractivity contribution >= 4 is 11.6 Å². The van der Waals surface area contributed by atoms with Crippen LogP contribution in [0.1, 0.15) is 73.7 Å². The molecule has 3 fully saturated rings. The highest BCUT2D eigenvalue weighted by molar-refractivity contribution is 5.85. The van der Waals surface area contributed by atoms with Crippen molar-refractivity contribution in [2.75, 3.05) is 5.32 Å². The highest BCUT2D eigenvalue weighted by Crippen LogP contribution is 2.70. The number of hydrogen-bond donors (Lipinski definition) is 2. The molecule has 3 aromatic rings. The summed E-state index contributed by atoms with van der Waals surface area (Å²) in [7, 11) is 0. The van der Waals surface area contributed by atoms with Crippen LogP contribution in [0.25, 0.3) is 5.69 Å². The van der Waals surface area contributed by atoms with Crippen LogP contribution in [0.5, 0.6) is 11.5 Å². The number of nitrogens with zero attached hydrogens (tertiary/aromatic N) is 2. The van der Waals surface area contributed by atoms with Gasteiger partial charge in [0.1, 0.15) is 11.9 Å². The van der Waals surface area contributed by atoms with Crippen molar-refractivity contribution in [3.63, 3.8) is 0 Å².